The van der Waals surface area contributed by atoms with E-state index in [4.69, 9.17) is 5.11 Å². The zero-order chi connectivity index (χ0) is 9.97. The van der Waals surface area contributed by atoms with Crippen molar-refractivity contribution in [3.8, 4) is 0 Å². The Hall–Kier alpha value is -1.76. The molecule has 14 heavy (non-hydrogen) atoms. The Balaban J connectivity index is 2.14. The van der Waals surface area contributed by atoms with Crippen molar-refractivity contribution in [2.24, 2.45) is 0 Å². The van der Waals surface area contributed by atoms with Crippen LogP contribution in [0.15, 0.2) is 18.6 Å². The van der Waals surface area contributed by atoms with Crippen molar-refractivity contribution in [2.45, 2.75) is 6.54 Å². The second kappa shape index (κ2) is 3.54. The van der Waals surface area contributed by atoms with Crippen LogP contribution in [0.5, 0.6) is 0 Å². The van der Waals surface area contributed by atoms with Crippen LogP contribution in [0.3, 0.4) is 0 Å². The van der Waals surface area contributed by atoms with Crippen LogP contribution in [-0.4, -0.2) is 30.2 Å². The molecule has 2 aromatic heterocycles. The molecular weight excluding hydrogens is 204 g/mol. The summed E-state index contributed by atoms with van der Waals surface area (Å²) in [4.78, 5) is 15.1. The smallest absolute Gasteiger partial charge is 0.375 e. The van der Waals surface area contributed by atoms with Gasteiger partial charge in [-0.15, -0.1) is 5.10 Å². The number of aromatic nitrogens is 4. The fourth-order valence-corrected chi connectivity index (χ4v) is 1.52. The first kappa shape index (κ1) is 8.82. The first-order chi connectivity index (χ1) is 6.75. The molecule has 0 fully saturated rings. The third-order valence-electron chi connectivity index (χ3n) is 1.54. The molecule has 0 bridgehead atoms. The minimum Gasteiger partial charge on any atom is -0.475 e. The van der Waals surface area contributed by atoms with Crippen molar-refractivity contribution in [3.63, 3.8) is 0 Å². The number of aromatic carboxylic acids is 1. The molecule has 0 aliphatic heterocycles. The Morgan fingerprint density at radius 2 is 2.50 bits per heavy atom. The Bertz CT molecular complexity index is 436. The normalized spacial score (nSPS) is 10.3. The lowest BCUT2D eigenvalue weighted by Gasteiger charge is -1.93. The van der Waals surface area contributed by atoms with Crippen LogP contribution in [0.2, 0.25) is 0 Å². The molecule has 0 spiro atoms. The second-order valence-electron chi connectivity index (χ2n) is 2.55. The highest BCUT2D eigenvalue weighted by Gasteiger charge is 2.08. The van der Waals surface area contributed by atoms with Crippen LogP contribution >= 0.6 is 11.5 Å². The fraction of sp³-hybridized carbons (Fsp3) is 0.143. The molecule has 6 nitrogen and oxygen atoms in total. The highest BCUT2D eigenvalue weighted by Crippen LogP contribution is 2.05. The van der Waals surface area contributed by atoms with Gasteiger partial charge in [0.15, 0.2) is 0 Å². The van der Waals surface area contributed by atoms with Crippen molar-refractivity contribution < 1.29 is 9.90 Å². The molecule has 0 amide bonds. The van der Waals surface area contributed by atoms with Crippen LogP contribution in [0.1, 0.15) is 15.5 Å². The predicted octanol–water partition coefficient (Wildman–Crippen LogP) is 0.481. The summed E-state index contributed by atoms with van der Waals surface area (Å²) in [6.07, 6.45) is 3.08. The molecule has 0 aromatic carbocycles. The number of hydrogen-bond acceptors (Lipinski definition) is 5. The van der Waals surface area contributed by atoms with E-state index in [-0.39, 0.29) is 5.82 Å². The van der Waals surface area contributed by atoms with Crippen LogP contribution in [0.25, 0.3) is 0 Å². The summed E-state index contributed by atoms with van der Waals surface area (Å²) in [5.41, 5.74) is 0. The van der Waals surface area contributed by atoms with Crippen molar-refractivity contribution in [2.75, 3.05) is 0 Å². The van der Waals surface area contributed by atoms with Crippen molar-refractivity contribution in [1.29, 1.82) is 0 Å². The van der Waals surface area contributed by atoms with E-state index in [0.29, 0.717) is 6.54 Å². The zero-order valence-electron chi connectivity index (χ0n) is 6.99. The third kappa shape index (κ3) is 1.77. The summed E-state index contributed by atoms with van der Waals surface area (Å²) in [6, 6.07) is 1.85. The van der Waals surface area contributed by atoms with E-state index >= 15 is 0 Å². The van der Waals surface area contributed by atoms with E-state index in [2.05, 4.69) is 14.5 Å². The topological polar surface area (TPSA) is 80.9 Å². The maximum Gasteiger partial charge on any atom is 0.375 e. The van der Waals surface area contributed by atoms with Gasteiger partial charge in [-0.2, -0.15) is 0 Å². The van der Waals surface area contributed by atoms with Gasteiger partial charge in [0.05, 0.1) is 6.54 Å². The molecule has 7 heteroatoms. The summed E-state index contributed by atoms with van der Waals surface area (Å²) < 4.78 is 5.39. The minimum absolute atomic E-state index is 0.186. The second-order valence-corrected chi connectivity index (χ2v) is 3.47. The number of carbonyl (C=O) groups is 1. The Morgan fingerprint density at radius 1 is 1.64 bits per heavy atom. The fourth-order valence-electron chi connectivity index (χ4n) is 0.952. The van der Waals surface area contributed by atoms with Gasteiger partial charge < -0.3 is 5.11 Å². The highest BCUT2D eigenvalue weighted by atomic mass is 32.1. The Morgan fingerprint density at radius 3 is 3.07 bits per heavy atom. The van der Waals surface area contributed by atoms with Crippen molar-refractivity contribution in [3.05, 3.63) is 29.3 Å². The Kier molecular flexibility index (Phi) is 2.23. The average Bonchev–Trinajstić information content (AvgIpc) is 2.75. The molecule has 0 unspecified atom stereocenters. The van der Waals surface area contributed by atoms with Gasteiger partial charge in [-0.1, -0.05) is 0 Å². The van der Waals surface area contributed by atoms with Gasteiger partial charge >= 0.3 is 5.97 Å². The third-order valence-corrected chi connectivity index (χ3v) is 2.26. The first-order valence-electron chi connectivity index (χ1n) is 3.78. The quantitative estimate of drug-likeness (QED) is 0.796. The zero-order valence-corrected chi connectivity index (χ0v) is 7.81. The standard InChI is InChI=1S/C7H6N4O2S/c12-7(13)6-8-4-11(10-6)3-5-1-2-9-14-5/h1-2,4H,3H2,(H,12,13). The maximum absolute atomic E-state index is 10.5. The van der Waals surface area contributed by atoms with Crippen molar-refractivity contribution in [1.82, 2.24) is 19.1 Å². The van der Waals surface area contributed by atoms with Crippen LogP contribution < -0.4 is 0 Å². The molecule has 2 rings (SSSR count). The molecule has 0 atom stereocenters. The van der Waals surface area contributed by atoms with E-state index in [1.807, 2.05) is 6.07 Å². The van der Waals surface area contributed by atoms with Gasteiger partial charge in [0.1, 0.15) is 6.33 Å². The Labute approximate surface area is 83.0 Å². The molecule has 0 aliphatic rings. The summed E-state index contributed by atoms with van der Waals surface area (Å²) in [6.45, 7) is 0.505. The maximum atomic E-state index is 10.5. The molecule has 0 aliphatic carbocycles. The monoisotopic (exact) mass is 210 g/mol. The molecule has 2 heterocycles. The molecule has 0 radical (unpaired) electrons. The number of carboxylic acid groups (broad SMARTS) is 1. The summed E-state index contributed by atoms with van der Waals surface area (Å²) in [5.74, 6) is -1.30. The predicted molar refractivity (Wildman–Crippen MR) is 48.2 cm³/mol. The number of nitrogens with zero attached hydrogens (tertiary/aromatic N) is 4. The summed E-state index contributed by atoms with van der Waals surface area (Å²) >= 11 is 1.35. The first-order valence-corrected chi connectivity index (χ1v) is 4.55. The van der Waals surface area contributed by atoms with E-state index in [9.17, 15) is 4.79 Å². The van der Waals surface area contributed by atoms with Crippen LogP contribution in [-0.2, 0) is 6.54 Å². The average molecular weight is 210 g/mol. The summed E-state index contributed by atoms with van der Waals surface area (Å²) in [7, 11) is 0. The lowest BCUT2D eigenvalue weighted by molar-refractivity contribution is 0.0683. The number of carboxylic acids is 1. The molecule has 72 valence electrons. The van der Waals surface area contributed by atoms with Gasteiger partial charge in [-0.05, 0) is 17.6 Å². The van der Waals surface area contributed by atoms with Crippen LogP contribution in [0.4, 0.5) is 0 Å². The largest absolute Gasteiger partial charge is 0.475 e. The van der Waals surface area contributed by atoms with E-state index in [1.54, 1.807) is 6.20 Å². The van der Waals surface area contributed by atoms with E-state index in [1.165, 1.54) is 22.5 Å². The SMILES string of the molecule is O=C(O)c1ncn(Cc2ccns2)n1. The minimum atomic E-state index is -1.12. The number of hydrogen-bond donors (Lipinski definition) is 1. The number of rotatable bonds is 3. The van der Waals surface area contributed by atoms with Gasteiger partial charge in [0.25, 0.3) is 5.82 Å². The van der Waals surface area contributed by atoms with Gasteiger partial charge in [-0.3, -0.25) is 0 Å². The highest BCUT2D eigenvalue weighted by molar-refractivity contribution is 7.05. The molecule has 2 aromatic rings. The molecule has 0 saturated carbocycles. The summed E-state index contributed by atoms with van der Waals surface area (Å²) in [5, 5.41) is 12.3. The lowest BCUT2D eigenvalue weighted by atomic mass is 10.5. The van der Waals surface area contributed by atoms with Gasteiger partial charge in [0.2, 0.25) is 0 Å². The van der Waals surface area contributed by atoms with Gasteiger partial charge in [-0.25, -0.2) is 18.8 Å². The van der Waals surface area contributed by atoms with Crippen LogP contribution in [0, 0.1) is 0 Å². The lowest BCUT2D eigenvalue weighted by Crippen LogP contribution is -2.03. The van der Waals surface area contributed by atoms with E-state index in [0.717, 1.165) is 4.88 Å². The molecular formula is C7H6N4O2S. The molecule has 0 saturated heterocycles. The van der Waals surface area contributed by atoms with Crippen molar-refractivity contribution >= 4 is 17.5 Å². The van der Waals surface area contributed by atoms with Gasteiger partial charge in [0, 0.05) is 11.1 Å². The van der Waals surface area contributed by atoms with E-state index < -0.39 is 5.97 Å². The molecule has 1 N–H and O–H groups in total.